The van der Waals surface area contributed by atoms with Crippen molar-refractivity contribution in [2.45, 2.75) is 19.9 Å². The van der Waals surface area contributed by atoms with Crippen molar-refractivity contribution in [3.05, 3.63) is 33.8 Å². The Morgan fingerprint density at radius 1 is 1.29 bits per heavy atom. The summed E-state index contributed by atoms with van der Waals surface area (Å²) < 4.78 is 23.4. The number of amides is 1. The number of carbonyl (C=O) groups is 2. The van der Waals surface area contributed by atoms with Crippen LogP contribution >= 0.6 is 15.9 Å². The Bertz CT molecular complexity index is 657. The molecule has 1 aromatic carbocycles. The first-order valence-corrected chi connectivity index (χ1v) is 8.81. The molecule has 0 radical (unpaired) electrons. The molecule has 0 spiro atoms. The van der Waals surface area contributed by atoms with Crippen LogP contribution in [0.5, 0.6) is 0 Å². The lowest BCUT2D eigenvalue weighted by Gasteiger charge is -2.14. The average molecular weight is 378 g/mol. The summed E-state index contributed by atoms with van der Waals surface area (Å²) in [5.74, 6) is -1.81. The summed E-state index contributed by atoms with van der Waals surface area (Å²) in [6.45, 7) is 3.12. The van der Waals surface area contributed by atoms with E-state index in [1.54, 1.807) is 6.92 Å². The van der Waals surface area contributed by atoms with Gasteiger partial charge >= 0.3 is 5.97 Å². The van der Waals surface area contributed by atoms with Gasteiger partial charge in [-0.3, -0.25) is 4.79 Å². The highest BCUT2D eigenvalue weighted by Gasteiger charge is 2.17. The molecule has 0 saturated carbocycles. The van der Waals surface area contributed by atoms with E-state index in [1.165, 1.54) is 25.1 Å². The summed E-state index contributed by atoms with van der Waals surface area (Å²) in [5.41, 5.74) is 0.130. The molecule has 1 unspecified atom stereocenters. The van der Waals surface area contributed by atoms with Gasteiger partial charge in [-0.1, -0.05) is 22.9 Å². The van der Waals surface area contributed by atoms with Crippen LogP contribution in [-0.4, -0.2) is 42.9 Å². The molecule has 21 heavy (non-hydrogen) atoms. The Kier molecular flexibility index (Phi) is 5.91. The Morgan fingerprint density at radius 2 is 1.86 bits per heavy atom. The van der Waals surface area contributed by atoms with Gasteiger partial charge in [-0.15, -0.1) is 0 Å². The predicted octanol–water partition coefficient (Wildman–Crippen LogP) is 1.70. The number of benzene rings is 1. The number of nitrogens with one attached hydrogen (secondary N) is 1. The number of carbonyl (C=O) groups excluding carboxylic acids is 1. The van der Waals surface area contributed by atoms with E-state index < -0.39 is 27.8 Å². The lowest BCUT2D eigenvalue weighted by atomic mass is 10.1. The lowest BCUT2D eigenvalue weighted by Crippen LogP contribution is -2.38. The number of carboxylic acids is 1. The molecule has 0 aromatic heterocycles. The number of rotatable bonds is 6. The second-order valence-corrected chi connectivity index (χ2v) is 7.92. The minimum atomic E-state index is -3.19. The summed E-state index contributed by atoms with van der Waals surface area (Å²) in [5, 5.41) is 11.5. The van der Waals surface area contributed by atoms with E-state index in [0.29, 0.717) is 4.47 Å². The first kappa shape index (κ1) is 17.6. The second kappa shape index (κ2) is 7.04. The number of halogens is 1. The maximum absolute atomic E-state index is 12.0. The first-order chi connectivity index (χ1) is 9.64. The maximum Gasteiger partial charge on any atom is 0.335 e. The number of hydrogen-bond donors (Lipinski definition) is 2. The molecule has 1 aromatic rings. The molecule has 0 heterocycles. The maximum atomic E-state index is 12.0. The van der Waals surface area contributed by atoms with Crippen molar-refractivity contribution < 1.29 is 23.1 Å². The topological polar surface area (TPSA) is 101 Å². The van der Waals surface area contributed by atoms with Crippen molar-refractivity contribution in [3.8, 4) is 0 Å². The molecule has 1 amide bonds. The zero-order valence-corrected chi connectivity index (χ0v) is 14.0. The predicted molar refractivity (Wildman–Crippen MR) is 82.4 cm³/mol. The van der Waals surface area contributed by atoms with E-state index in [1.807, 2.05) is 0 Å². The molecule has 0 fully saturated rings. The summed E-state index contributed by atoms with van der Waals surface area (Å²) in [4.78, 5) is 23.0. The van der Waals surface area contributed by atoms with Crippen LogP contribution in [0, 0.1) is 0 Å². The van der Waals surface area contributed by atoms with Gasteiger partial charge < -0.3 is 10.4 Å². The molecule has 0 aliphatic heterocycles. The Hall–Kier alpha value is -1.41. The number of sulfone groups is 1. The second-order valence-electron chi connectivity index (χ2n) is 4.61. The van der Waals surface area contributed by atoms with Gasteiger partial charge in [0.1, 0.15) is 0 Å². The first-order valence-electron chi connectivity index (χ1n) is 6.19. The molecule has 0 aliphatic carbocycles. The molecule has 2 N–H and O–H groups in total. The highest BCUT2D eigenvalue weighted by molar-refractivity contribution is 9.10. The van der Waals surface area contributed by atoms with Crippen LogP contribution in [0.15, 0.2) is 22.7 Å². The standard InChI is InChI=1S/C13H16BrNO5S/c1-3-21(19,20)7-8(2)15-12(16)9-4-10(13(17)18)6-11(14)5-9/h4-6,8H,3,7H2,1-2H3,(H,15,16)(H,17,18). The van der Waals surface area contributed by atoms with Gasteiger partial charge in [-0.25, -0.2) is 13.2 Å². The van der Waals surface area contributed by atoms with E-state index in [4.69, 9.17) is 5.11 Å². The van der Waals surface area contributed by atoms with Crippen molar-refractivity contribution in [2.75, 3.05) is 11.5 Å². The van der Waals surface area contributed by atoms with Crippen molar-refractivity contribution >= 4 is 37.6 Å². The third-order valence-electron chi connectivity index (χ3n) is 2.73. The number of aromatic carboxylic acids is 1. The van der Waals surface area contributed by atoms with Crippen LogP contribution in [-0.2, 0) is 9.84 Å². The van der Waals surface area contributed by atoms with Crippen molar-refractivity contribution in [3.63, 3.8) is 0 Å². The molecule has 8 heteroatoms. The minimum Gasteiger partial charge on any atom is -0.478 e. The largest absolute Gasteiger partial charge is 0.478 e. The molecule has 1 rings (SSSR count). The van der Waals surface area contributed by atoms with Crippen molar-refractivity contribution in [1.29, 1.82) is 0 Å². The van der Waals surface area contributed by atoms with Gasteiger partial charge in [-0.05, 0) is 25.1 Å². The monoisotopic (exact) mass is 377 g/mol. The van der Waals surface area contributed by atoms with E-state index in [0.717, 1.165) is 0 Å². The quantitative estimate of drug-likeness (QED) is 0.785. The molecule has 116 valence electrons. The molecule has 1 atom stereocenters. The highest BCUT2D eigenvalue weighted by atomic mass is 79.9. The van der Waals surface area contributed by atoms with E-state index in [-0.39, 0.29) is 22.6 Å². The van der Waals surface area contributed by atoms with Crippen LogP contribution in [0.2, 0.25) is 0 Å². The zero-order chi connectivity index (χ0) is 16.2. The Balaban J connectivity index is 2.87. The van der Waals surface area contributed by atoms with Gasteiger partial charge in [0.25, 0.3) is 5.91 Å². The number of hydrogen-bond acceptors (Lipinski definition) is 4. The molecule has 0 bridgehead atoms. The fourth-order valence-corrected chi connectivity index (χ4v) is 3.27. The van der Waals surface area contributed by atoms with Crippen LogP contribution in [0.3, 0.4) is 0 Å². The van der Waals surface area contributed by atoms with Gasteiger partial charge in [0.2, 0.25) is 0 Å². The smallest absolute Gasteiger partial charge is 0.335 e. The summed E-state index contributed by atoms with van der Waals surface area (Å²) in [6, 6.07) is 3.53. The highest BCUT2D eigenvalue weighted by Crippen LogP contribution is 2.16. The Labute approximate surface area is 131 Å². The SMILES string of the molecule is CCS(=O)(=O)CC(C)NC(=O)c1cc(Br)cc(C(=O)O)c1. The Morgan fingerprint density at radius 3 is 2.38 bits per heavy atom. The summed E-state index contributed by atoms with van der Waals surface area (Å²) in [6.07, 6.45) is 0. The van der Waals surface area contributed by atoms with Crippen LogP contribution in [0.1, 0.15) is 34.6 Å². The third kappa shape index (κ3) is 5.47. The van der Waals surface area contributed by atoms with Crippen LogP contribution < -0.4 is 5.32 Å². The van der Waals surface area contributed by atoms with Gasteiger partial charge in [0, 0.05) is 21.8 Å². The summed E-state index contributed by atoms with van der Waals surface area (Å²) >= 11 is 3.14. The molecule has 0 saturated heterocycles. The third-order valence-corrected chi connectivity index (χ3v) is 5.07. The molecular formula is C13H16BrNO5S. The minimum absolute atomic E-state index is 0.00720. The normalized spacial score (nSPS) is 12.7. The van der Waals surface area contributed by atoms with Crippen LogP contribution in [0.4, 0.5) is 0 Å². The molecule has 6 nitrogen and oxygen atoms in total. The van der Waals surface area contributed by atoms with Gasteiger partial charge in [-0.2, -0.15) is 0 Å². The van der Waals surface area contributed by atoms with E-state index in [9.17, 15) is 18.0 Å². The average Bonchev–Trinajstić information content (AvgIpc) is 2.37. The van der Waals surface area contributed by atoms with Gasteiger partial charge in [0.15, 0.2) is 9.84 Å². The zero-order valence-electron chi connectivity index (χ0n) is 11.6. The fourth-order valence-electron chi connectivity index (χ4n) is 1.69. The number of carboxylic acid groups (broad SMARTS) is 1. The lowest BCUT2D eigenvalue weighted by molar-refractivity contribution is 0.0696. The summed E-state index contributed by atoms with van der Waals surface area (Å²) in [7, 11) is -3.19. The van der Waals surface area contributed by atoms with Gasteiger partial charge in [0.05, 0.1) is 11.3 Å². The molecule has 0 aliphatic rings. The van der Waals surface area contributed by atoms with Crippen LogP contribution in [0.25, 0.3) is 0 Å². The molecular weight excluding hydrogens is 362 g/mol. The van der Waals surface area contributed by atoms with Crippen molar-refractivity contribution in [1.82, 2.24) is 5.32 Å². The van der Waals surface area contributed by atoms with Crippen molar-refractivity contribution in [2.24, 2.45) is 0 Å². The fraction of sp³-hybridized carbons (Fsp3) is 0.385. The van der Waals surface area contributed by atoms with E-state index in [2.05, 4.69) is 21.2 Å². The van der Waals surface area contributed by atoms with E-state index >= 15 is 0 Å².